The van der Waals surface area contributed by atoms with Gasteiger partial charge in [0.25, 0.3) is 5.91 Å². The van der Waals surface area contributed by atoms with Crippen LogP contribution in [0.3, 0.4) is 0 Å². The average Bonchev–Trinajstić information content (AvgIpc) is 3.31. The number of para-hydroxylation sites is 1. The van der Waals surface area contributed by atoms with E-state index in [0.29, 0.717) is 15.7 Å². The number of carbonyl (C=O) groups excluding carboxylic acids is 1. The molecule has 33 heavy (non-hydrogen) atoms. The van der Waals surface area contributed by atoms with E-state index in [4.69, 9.17) is 32.7 Å². The lowest BCUT2D eigenvalue weighted by Crippen LogP contribution is -2.19. The van der Waals surface area contributed by atoms with E-state index in [1.54, 1.807) is 18.2 Å². The summed E-state index contributed by atoms with van der Waals surface area (Å²) >= 11 is 12.3. The van der Waals surface area contributed by atoms with Crippen LogP contribution in [0.5, 0.6) is 11.6 Å². The fourth-order valence-corrected chi connectivity index (χ4v) is 3.92. The van der Waals surface area contributed by atoms with Gasteiger partial charge in [-0.25, -0.2) is 4.98 Å². The maximum atomic E-state index is 12.8. The van der Waals surface area contributed by atoms with E-state index in [1.165, 1.54) is 13.3 Å². The van der Waals surface area contributed by atoms with Gasteiger partial charge in [0.15, 0.2) is 0 Å². The molecule has 4 rings (SSSR count). The van der Waals surface area contributed by atoms with E-state index in [2.05, 4.69) is 25.9 Å². The van der Waals surface area contributed by atoms with Gasteiger partial charge in [-0.15, -0.1) is 0 Å². The van der Waals surface area contributed by atoms with Crippen molar-refractivity contribution >= 4 is 46.4 Å². The molecule has 1 fully saturated rings. The maximum absolute atomic E-state index is 12.8. The van der Waals surface area contributed by atoms with Gasteiger partial charge in [0.1, 0.15) is 17.4 Å². The highest BCUT2D eigenvalue weighted by molar-refractivity contribution is 6.40. The number of aryl methyl sites for hydroxylation is 1. The van der Waals surface area contributed by atoms with Crippen molar-refractivity contribution in [2.24, 2.45) is 0 Å². The lowest BCUT2D eigenvalue weighted by atomic mass is 10.2. The van der Waals surface area contributed by atoms with E-state index < -0.39 is 5.91 Å². The number of halogens is 2. The van der Waals surface area contributed by atoms with E-state index in [0.717, 1.165) is 36.5 Å². The minimum Gasteiger partial charge on any atom is -0.489 e. The molecule has 0 aliphatic carbocycles. The highest BCUT2D eigenvalue weighted by Gasteiger charge is 2.19. The normalized spacial score (nSPS) is 15.2. The fourth-order valence-electron chi connectivity index (χ4n) is 3.43. The topological polar surface area (TPSA) is 97.4 Å². The molecule has 1 aliphatic heterocycles. The number of ether oxygens (including phenoxy) is 2. The van der Waals surface area contributed by atoms with Crippen molar-refractivity contribution in [2.45, 2.75) is 19.4 Å². The number of hydrogen-bond acceptors (Lipinski definition) is 7. The van der Waals surface area contributed by atoms with E-state index in [9.17, 15) is 4.79 Å². The molecule has 0 bridgehead atoms. The summed E-state index contributed by atoms with van der Waals surface area (Å²) in [5, 5.41) is 9.74. The van der Waals surface area contributed by atoms with Crippen molar-refractivity contribution in [1.82, 2.24) is 15.3 Å². The van der Waals surface area contributed by atoms with Crippen LogP contribution in [0.4, 0.5) is 17.3 Å². The molecule has 2 heterocycles. The second-order valence-corrected chi connectivity index (χ2v) is 8.32. The number of hydrogen-bond donors (Lipinski definition) is 3. The Hall–Kier alpha value is -3.07. The SMILES string of the molecule is COc1nc(Nc2ccc(O[C@@H]3CCNC3)c(C)c2)ncc1C(=O)Nc1c(Cl)cccc1Cl. The van der Waals surface area contributed by atoms with Gasteiger partial charge in [-0.2, -0.15) is 4.98 Å². The van der Waals surface area contributed by atoms with Gasteiger partial charge >= 0.3 is 0 Å². The van der Waals surface area contributed by atoms with Gasteiger partial charge in [0.05, 0.1) is 22.8 Å². The molecule has 0 unspecified atom stereocenters. The molecule has 2 aromatic carbocycles. The number of rotatable bonds is 7. The quantitative estimate of drug-likeness (QED) is 0.438. The Balaban J connectivity index is 1.48. The predicted molar refractivity (Wildman–Crippen MR) is 129 cm³/mol. The van der Waals surface area contributed by atoms with Crippen LogP contribution < -0.4 is 25.4 Å². The first-order valence-corrected chi connectivity index (χ1v) is 11.1. The van der Waals surface area contributed by atoms with Gasteiger partial charge in [-0.1, -0.05) is 29.3 Å². The number of carbonyl (C=O) groups is 1. The van der Waals surface area contributed by atoms with Gasteiger partial charge < -0.3 is 25.4 Å². The highest BCUT2D eigenvalue weighted by Crippen LogP contribution is 2.31. The second-order valence-electron chi connectivity index (χ2n) is 7.51. The zero-order valence-electron chi connectivity index (χ0n) is 18.1. The third-order valence-corrected chi connectivity index (χ3v) is 5.76. The Kier molecular flexibility index (Phi) is 7.17. The van der Waals surface area contributed by atoms with Gasteiger partial charge in [0, 0.05) is 18.4 Å². The van der Waals surface area contributed by atoms with E-state index >= 15 is 0 Å². The van der Waals surface area contributed by atoms with Gasteiger partial charge in [-0.3, -0.25) is 4.79 Å². The molecule has 1 saturated heterocycles. The number of nitrogens with one attached hydrogen (secondary N) is 3. The monoisotopic (exact) mass is 487 g/mol. The summed E-state index contributed by atoms with van der Waals surface area (Å²) in [6, 6.07) is 10.7. The molecule has 172 valence electrons. The zero-order chi connectivity index (χ0) is 23.4. The Morgan fingerprint density at radius 2 is 2.00 bits per heavy atom. The van der Waals surface area contributed by atoms with Gasteiger partial charge in [0.2, 0.25) is 11.8 Å². The maximum Gasteiger partial charge on any atom is 0.262 e. The largest absolute Gasteiger partial charge is 0.489 e. The molecule has 3 aromatic rings. The van der Waals surface area contributed by atoms with Crippen LogP contribution in [0.2, 0.25) is 10.0 Å². The van der Waals surface area contributed by atoms with Crippen LogP contribution in [0.1, 0.15) is 22.3 Å². The molecule has 0 spiro atoms. The van der Waals surface area contributed by atoms with Crippen LogP contribution in [0, 0.1) is 6.92 Å². The molecule has 1 amide bonds. The number of amides is 1. The molecular weight excluding hydrogens is 465 g/mol. The Morgan fingerprint density at radius 1 is 1.21 bits per heavy atom. The van der Waals surface area contributed by atoms with Crippen LogP contribution in [0.25, 0.3) is 0 Å². The minimum absolute atomic E-state index is 0.110. The number of anilines is 3. The van der Waals surface area contributed by atoms with E-state index in [1.807, 2.05) is 25.1 Å². The molecular formula is C23H23Cl2N5O3. The smallest absolute Gasteiger partial charge is 0.262 e. The molecule has 1 aromatic heterocycles. The Bertz CT molecular complexity index is 1150. The summed E-state index contributed by atoms with van der Waals surface area (Å²) in [6.07, 6.45) is 2.57. The van der Waals surface area contributed by atoms with Crippen LogP contribution in [-0.2, 0) is 0 Å². The number of nitrogens with zero attached hydrogens (tertiary/aromatic N) is 2. The third-order valence-electron chi connectivity index (χ3n) is 5.13. The first-order chi connectivity index (χ1) is 15.9. The number of methoxy groups -OCH3 is 1. The van der Waals surface area contributed by atoms with Crippen molar-refractivity contribution in [2.75, 3.05) is 30.8 Å². The third kappa shape index (κ3) is 5.47. The standard InChI is InChI=1S/C23H23Cl2N5O3/c1-13-10-14(6-7-19(13)33-15-8-9-26-11-15)28-23-27-12-16(22(30-23)32-2)21(31)29-20-17(24)4-3-5-18(20)25/h3-7,10,12,15,26H,8-9,11H2,1-2H3,(H,29,31)(H,27,28,30)/t15-/m1/s1. The van der Waals surface area contributed by atoms with Crippen LogP contribution in [-0.4, -0.2) is 42.2 Å². The molecule has 3 N–H and O–H groups in total. The molecule has 0 saturated carbocycles. The lowest BCUT2D eigenvalue weighted by molar-refractivity contribution is 0.102. The zero-order valence-corrected chi connectivity index (χ0v) is 19.6. The molecule has 1 atom stereocenters. The highest BCUT2D eigenvalue weighted by atomic mass is 35.5. The molecule has 0 radical (unpaired) electrons. The van der Waals surface area contributed by atoms with E-state index in [-0.39, 0.29) is 23.5 Å². The summed E-state index contributed by atoms with van der Waals surface area (Å²) in [6.45, 7) is 3.81. The minimum atomic E-state index is -0.493. The summed E-state index contributed by atoms with van der Waals surface area (Å²) in [5.74, 6) is 0.746. The van der Waals surface area contributed by atoms with Gasteiger partial charge in [-0.05, 0) is 55.8 Å². The lowest BCUT2D eigenvalue weighted by Gasteiger charge is -2.16. The average molecular weight is 488 g/mol. The molecule has 8 nitrogen and oxygen atoms in total. The second kappa shape index (κ2) is 10.2. The number of aromatic nitrogens is 2. The van der Waals surface area contributed by atoms with Crippen LogP contribution >= 0.6 is 23.2 Å². The summed E-state index contributed by atoms with van der Waals surface area (Å²) < 4.78 is 11.4. The molecule has 10 heteroatoms. The van der Waals surface area contributed by atoms with Crippen molar-refractivity contribution in [3.05, 3.63) is 63.8 Å². The fraction of sp³-hybridized carbons (Fsp3) is 0.261. The first-order valence-electron chi connectivity index (χ1n) is 10.4. The predicted octanol–water partition coefficient (Wildman–Crippen LogP) is 4.84. The number of benzene rings is 2. The Morgan fingerprint density at radius 3 is 2.67 bits per heavy atom. The first kappa shape index (κ1) is 23.1. The molecule has 1 aliphatic rings. The summed E-state index contributed by atoms with van der Waals surface area (Å²) in [4.78, 5) is 21.3. The summed E-state index contributed by atoms with van der Waals surface area (Å²) in [7, 11) is 1.43. The van der Waals surface area contributed by atoms with Crippen LogP contribution in [0.15, 0.2) is 42.6 Å². The van der Waals surface area contributed by atoms with Crippen molar-refractivity contribution < 1.29 is 14.3 Å². The summed E-state index contributed by atoms with van der Waals surface area (Å²) in [5.41, 5.74) is 2.23. The van der Waals surface area contributed by atoms with Crippen molar-refractivity contribution in [1.29, 1.82) is 0 Å². The van der Waals surface area contributed by atoms with Crippen molar-refractivity contribution in [3.63, 3.8) is 0 Å². The van der Waals surface area contributed by atoms with Crippen molar-refractivity contribution in [3.8, 4) is 11.6 Å². The Labute approximate surface area is 201 Å².